The number of phenolic OH excluding ortho intramolecular Hbond substituents is 1. The summed E-state index contributed by atoms with van der Waals surface area (Å²) >= 11 is 6.13. The zero-order chi connectivity index (χ0) is 19.8. The highest BCUT2D eigenvalue weighted by molar-refractivity contribution is 6.33. The van der Waals surface area contributed by atoms with Crippen molar-refractivity contribution < 1.29 is 27.8 Å². The Morgan fingerprint density at radius 2 is 1.74 bits per heavy atom. The number of ether oxygens (including phenoxy) is 2. The Morgan fingerprint density at radius 1 is 1.04 bits per heavy atom. The lowest BCUT2D eigenvalue weighted by Gasteiger charge is -2.14. The van der Waals surface area contributed by atoms with Crippen LogP contribution in [0.25, 0.3) is 22.4 Å². The minimum Gasteiger partial charge on any atom is -0.504 e. The molecule has 0 fully saturated rings. The highest BCUT2D eigenvalue weighted by Crippen LogP contribution is 2.48. The lowest BCUT2D eigenvalue weighted by atomic mass is 9.97. The van der Waals surface area contributed by atoms with E-state index in [4.69, 9.17) is 21.1 Å². The first-order valence-corrected chi connectivity index (χ1v) is 8.02. The first-order valence-electron chi connectivity index (χ1n) is 7.64. The van der Waals surface area contributed by atoms with Gasteiger partial charge in [0.1, 0.15) is 11.4 Å². The van der Waals surface area contributed by atoms with E-state index >= 15 is 0 Å². The number of benzene rings is 2. The molecule has 0 saturated heterocycles. The summed E-state index contributed by atoms with van der Waals surface area (Å²) in [7, 11) is 2.68. The van der Waals surface area contributed by atoms with Crippen LogP contribution in [0.4, 0.5) is 13.2 Å². The summed E-state index contributed by atoms with van der Waals surface area (Å²) in [5, 5.41) is 16.5. The molecule has 0 bridgehead atoms. The zero-order valence-electron chi connectivity index (χ0n) is 14.2. The molecule has 27 heavy (non-hydrogen) atoms. The second-order valence-corrected chi connectivity index (χ2v) is 5.90. The van der Waals surface area contributed by atoms with Gasteiger partial charge in [-0.05, 0) is 18.2 Å². The van der Waals surface area contributed by atoms with Crippen molar-refractivity contribution in [3.63, 3.8) is 0 Å². The van der Waals surface area contributed by atoms with E-state index in [0.717, 1.165) is 0 Å². The van der Waals surface area contributed by atoms with Crippen LogP contribution in [-0.4, -0.2) is 29.5 Å². The zero-order valence-corrected chi connectivity index (χ0v) is 14.9. The first kappa shape index (κ1) is 18.9. The third kappa shape index (κ3) is 3.28. The normalized spacial score (nSPS) is 11.5. The number of halogens is 4. The van der Waals surface area contributed by atoms with E-state index in [1.54, 1.807) is 12.1 Å². The van der Waals surface area contributed by atoms with Crippen molar-refractivity contribution in [1.82, 2.24) is 10.2 Å². The van der Waals surface area contributed by atoms with E-state index < -0.39 is 17.6 Å². The fourth-order valence-corrected chi connectivity index (χ4v) is 3.00. The SMILES string of the molecule is COc1ccc(-c2n[nH]c(C(F)(F)F)c2-c2ccccc2Cl)c(O)c1OC. The van der Waals surface area contributed by atoms with Gasteiger partial charge < -0.3 is 14.6 Å². The molecule has 1 aromatic heterocycles. The Hall–Kier alpha value is -2.87. The molecular formula is C18H14ClF3N2O3. The summed E-state index contributed by atoms with van der Waals surface area (Å²) in [4.78, 5) is 0. The molecule has 0 atom stereocenters. The molecule has 5 nitrogen and oxygen atoms in total. The van der Waals surface area contributed by atoms with E-state index in [0.29, 0.717) is 0 Å². The van der Waals surface area contributed by atoms with Gasteiger partial charge in [-0.25, -0.2) is 0 Å². The van der Waals surface area contributed by atoms with E-state index in [1.807, 2.05) is 5.10 Å². The number of hydrogen-bond acceptors (Lipinski definition) is 4. The molecule has 0 radical (unpaired) electrons. The second kappa shape index (κ2) is 7.03. The van der Waals surface area contributed by atoms with Gasteiger partial charge in [0.15, 0.2) is 11.5 Å². The van der Waals surface area contributed by atoms with Crippen molar-refractivity contribution >= 4 is 11.6 Å². The van der Waals surface area contributed by atoms with Gasteiger partial charge in [-0.3, -0.25) is 5.10 Å². The van der Waals surface area contributed by atoms with Gasteiger partial charge in [0.05, 0.1) is 14.2 Å². The minimum atomic E-state index is -4.70. The maximum Gasteiger partial charge on any atom is 0.433 e. The summed E-state index contributed by atoms with van der Waals surface area (Å²) < 4.78 is 50.8. The van der Waals surface area contributed by atoms with Gasteiger partial charge in [-0.15, -0.1) is 0 Å². The molecule has 0 aliphatic rings. The van der Waals surface area contributed by atoms with Crippen molar-refractivity contribution in [3.05, 3.63) is 47.1 Å². The lowest BCUT2D eigenvalue weighted by molar-refractivity contribution is -0.140. The predicted molar refractivity (Wildman–Crippen MR) is 94.2 cm³/mol. The third-order valence-corrected chi connectivity index (χ3v) is 4.30. The monoisotopic (exact) mass is 398 g/mol. The molecule has 0 aliphatic heterocycles. The summed E-state index contributed by atoms with van der Waals surface area (Å²) in [6.07, 6.45) is -4.70. The van der Waals surface area contributed by atoms with Crippen LogP contribution in [0.5, 0.6) is 17.2 Å². The average Bonchev–Trinajstić information content (AvgIpc) is 3.06. The summed E-state index contributed by atoms with van der Waals surface area (Å²) in [6.45, 7) is 0. The van der Waals surface area contributed by atoms with E-state index in [-0.39, 0.29) is 38.9 Å². The number of phenols is 1. The lowest BCUT2D eigenvalue weighted by Crippen LogP contribution is -2.07. The Bertz CT molecular complexity index is 986. The molecule has 9 heteroatoms. The van der Waals surface area contributed by atoms with Crippen LogP contribution >= 0.6 is 11.6 Å². The van der Waals surface area contributed by atoms with Gasteiger partial charge in [0.2, 0.25) is 5.75 Å². The molecule has 2 N–H and O–H groups in total. The topological polar surface area (TPSA) is 67.4 Å². The second-order valence-electron chi connectivity index (χ2n) is 5.50. The third-order valence-electron chi connectivity index (χ3n) is 3.97. The Balaban J connectivity index is 2.33. The number of nitrogens with one attached hydrogen (secondary N) is 1. The molecule has 0 aliphatic carbocycles. The first-order chi connectivity index (χ1) is 12.8. The van der Waals surface area contributed by atoms with Crippen LogP contribution in [-0.2, 0) is 6.18 Å². The average molecular weight is 399 g/mol. The number of rotatable bonds is 4. The van der Waals surface area contributed by atoms with E-state index in [1.165, 1.54) is 38.5 Å². The Morgan fingerprint density at radius 3 is 2.33 bits per heavy atom. The maximum absolute atomic E-state index is 13.5. The van der Waals surface area contributed by atoms with Gasteiger partial charge in [-0.2, -0.15) is 18.3 Å². The molecule has 0 saturated carbocycles. The number of aromatic hydroxyl groups is 1. The fraction of sp³-hybridized carbons (Fsp3) is 0.167. The molecular weight excluding hydrogens is 385 g/mol. The standard InChI is InChI=1S/C18H14ClF3N2O3/c1-26-12-8-7-10(15(25)16(12)27-2)14-13(9-5-3-4-6-11(9)19)17(24-23-14)18(20,21)22/h3-8,25H,1-2H3,(H,23,24). The van der Waals surface area contributed by atoms with E-state index in [2.05, 4.69) is 5.10 Å². The van der Waals surface area contributed by atoms with Gasteiger partial charge >= 0.3 is 6.18 Å². The fourth-order valence-electron chi connectivity index (χ4n) is 2.77. The predicted octanol–water partition coefficient (Wildman–Crippen LogP) is 5.14. The minimum absolute atomic E-state index is 0.0170. The summed E-state index contributed by atoms with van der Waals surface area (Å²) in [6, 6.07) is 8.95. The highest BCUT2D eigenvalue weighted by atomic mass is 35.5. The van der Waals surface area contributed by atoms with Crippen LogP contribution in [0.15, 0.2) is 36.4 Å². The molecule has 0 unspecified atom stereocenters. The number of nitrogens with zero attached hydrogens (tertiary/aromatic N) is 1. The maximum atomic E-state index is 13.5. The number of H-pyrrole nitrogens is 1. The van der Waals surface area contributed by atoms with Gasteiger partial charge in [0, 0.05) is 21.7 Å². The quantitative estimate of drug-likeness (QED) is 0.638. The number of alkyl halides is 3. The molecule has 0 amide bonds. The molecule has 2 aromatic carbocycles. The van der Waals surface area contributed by atoms with Crippen LogP contribution in [0.2, 0.25) is 5.02 Å². The van der Waals surface area contributed by atoms with Crippen LogP contribution < -0.4 is 9.47 Å². The smallest absolute Gasteiger partial charge is 0.433 e. The Labute approximate surface area is 157 Å². The molecule has 142 valence electrons. The number of hydrogen-bond donors (Lipinski definition) is 2. The van der Waals surface area contributed by atoms with Crippen molar-refractivity contribution in [2.75, 3.05) is 14.2 Å². The summed E-state index contributed by atoms with van der Waals surface area (Å²) in [5.74, 6) is -0.188. The summed E-state index contributed by atoms with van der Waals surface area (Å²) in [5.41, 5.74) is -1.29. The molecule has 3 rings (SSSR count). The van der Waals surface area contributed by atoms with Crippen LogP contribution in [0, 0.1) is 0 Å². The van der Waals surface area contributed by atoms with Crippen molar-refractivity contribution in [1.29, 1.82) is 0 Å². The number of aromatic amines is 1. The number of methoxy groups -OCH3 is 2. The Kier molecular flexibility index (Phi) is 4.93. The highest BCUT2D eigenvalue weighted by Gasteiger charge is 2.39. The van der Waals surface area contributed by atoms with Crippen molar-refractivity contribution in [2.45, 2.75) is 6.18 Å². The van der Waals surface area contributed by atoms with E-state index in [9.17, 15) is 18.3 Å². The van der Waals surface area contributed by atoms with Crippen molar-refractivity contribution in [3.8, 4) is 39.6 Å². The molecule has 1 heterocycles. The number of aromatic nitrogens is 2. The van der Waals surface area contributed by atoms with Crippen LogP contribution in [0.1, 0.15) is 5.69 Å². The van der Waals surface area contributed by atoms with Crippen LogP contribution in [0.3, 0.4) is 0 Å². The molecule has 3 aromatic rings. The van der Waals surface area contributed by atoms with Gasteiger partial charge in [-0.1, -0.05) is 29.8 Å². The molecule has 0 spiro atoms. The van der Waals surface area contributed by atoms with Crippen molar-refractivity contribution in [2.24, 2.45) is 0 Å². The largest absolute Gasteiger partial charge is 0.504 e. The van der Waals surface area contributed by atoms with Gasteiger partial charge in [0.25, 0.3) is 0 Å².